The van der Waals surface area contributed by atoms with Gasteiger partial charge in [0, 0.05) is 56.1 Å². The van der Waals surface area contributed by atoms with Crippen LogP contribution in [-0.2, 0) is 31.9 Å². The molecular weight excluding hydrogens is 759 g/mol. The van der Waals surface area contributed by atoms with Crippen LogP contribution in [0.2, 0.25) is 0 Å². The molecule has 0 aliphatic heterocycles. The van der Waals surface area contributed by atoms with Crippen LogP contribution in [0.25, 0.3) is 54.7 Å². The van der Waals surface area contributed by atoms with Crippen molar-refractivity contribution in [3.8, 4) is 11.3 Å². The van der Waals surface area contributed by atoms with Gasteiger partial charge in [0.1, 0.15) is 6.33 Å². The van der Waals surface area contributed by atoms with Gasteiger partial charge in [-0.15, -0.1) is 29.1 Å². The number of carbonyl (C=O) groups excluding carboxylic acids is 1. The number of hydrogen-bond acceptors (Lipinski definition) is 4. The molecule has 6 rings (SSSR count). The van der Waals surface area contributed by atoms with Gasteiger partial charge < -0.3 is 9.67 Å². The monoisotopic (exact) mass is 805 g/mol. The number of benzene rings is 4. The average Bonchev–Trinajstić information content (AvgIpc) is 3.37. The third kappa shape index (κ3) is 7.20. The number of rotatable bonds is 9. The van der Waals surface area contributed by atoms with E-state index in [1.165, 1.54) is 38.7 Å². The van der Waals surface area contributed by atoms with E-state index in [1.807, 2.05) is 27.7 Å². The van der Waals surface area contributed by atoms with Gasteiger partial charge in [0.15, 0.2) is 5.78 Å². The third-order valence-corrected chi connectivity index (χ3v) is 9.43. The summed E-state index contributed by atoms with van der Waals surface area (Å²) in [4.78, 5) is 21.2. The number of aromatic nitrogens is 3. The molecule has 1 N–H and O–H groups in total. The van der Waals surface area contributed by atoms with E-state index >= 15 is 0 Å². The summed E-state index contributed by atoms with van der Waals surface area (Å²) >= 11 is 0. The topological polar surface area (TPSA) is 68.0 Å². The molecule has 6 aromatic rings. The van der Waals surface area contributed by atoms with Crippen LogP contribution in [0.3, 0.4) is 0 Å². The molecule has 0 saturated heterocycles. The minimum absolute atomic E-state index is 0. The number of ketones is 1. The van der Waals surface area contributed by atoms with Gasteiger partial charge in [0.25, 0.3) is 0 Å². The first-order chi connectivity index (χ1) is 22.2. The molecule has 0 unspecified atom stereocenters. The van der Waals surface area contributed by atoms with E-state index in [1.54, 1.807) is 6.33 Å². The number of aliphatic hydroxyl groups is 1. The Labute approximate surface area is 292 Å². The van der Waals surface area contributed by atoms with Gasteiger partial charge in [-0.2, -0.15) is 0 Å². The van der Waals surface area contributed by atoms with Crippen LogP contribution in [0.5, 0.6) is 0 Å². The number of hydrogen-bond donors (Lipinski definition) is 1. The molecular formula is C41H46IrN3O2-. The zero-order valence-electron chi connectivity index (χ0n) is 28.6. The van der Waals surface area contributed by atoms with E-state index in [0.29, 0.717) is 5.92 Å². The Kier molecular flexibility index (Phi) is 12.1. The normalized spacial score (nSPS) is 11.9. The molecule has 6 heteroatoms. The molecule has 2 heterocycles. The summed E-state index contributed by atoms with van der Waals surface area (Å²) in [5.74, 6) is 0.957. The molecule has 47 heavy (non-hydrogen) atoms. The summed E-state index contributed by atoms with van der Waals surface area (Å²) in [7, 11) is 2.11. The number of fused-ring (bicyclic) bond motifs is 6. The van der Waals surface area contributed by atoms with Crippen molar-refractivity contribution in [2.24, 2.45) is 18.9 Å². The summed E-state index contributed by atoms with van der Waals surface area (Å²) in [6.07, 6.45) is 6.60. The van der Waals surface area contributed by atoms with Crippen LogP contribution in [0.4, 0.5) is 0 Å². The summed E-state index contributed by atoms with van der Waals surface area (Å²) in [5.41, 5.74) is 6.48. The molecule has 2 aromatic heterocycles. The minimum atomic E-state index is 0. The zero-order chi connectivity index (χ0) is 33.0. The van der Waals surface area contributed by atoms with Crippen LogP contribution in [0.15, 0.2) is 84.9 Å². The molecule has 5 nitrogen and oxygen atoms in total. The van der Waals surface area contributed by atoms with E-state index in [9.17, 15) is 9.90 Å². The first kappa shape index (κ1) is 36.0. The quantitative estimate of drug-likeness (QED) is 0.0898. The third-order valence-electron chi connectivity index (χ3n) is 9.43. The zero-order valence-corrected chi connectivity index (χ0v) is 31.0. The molecule has 0 aliphatic rings. The number of aryl methyl sites for hydroxylation is 1. The Balaban J connectivity index is 0.000000269. The average molecular weight is 805 g/mol. The molecule has 0 atom stereocenters. The smallest absolute Gasteiger partial charge is 0.162 e. The van der Waals surface area contributed by atoms with Crippen molar-refractivity contribution in [1.29, 1.82) is 0 Å². The fourth-order valence-electron chi connectivity index (χ4n) is 6.63. The molecule has 0 aliphatic carbocycles. The summed E-state index contributed by atoms with van der Waals surface area (Å²) in [5, 5.41) is 15.8. The maximum atomic E-state index is 11.7. The summed E-state index contributed by atoms with van der Waals surface area (Å²) in [6, 6.07) is 27.3. The SMILES string of the molecule is CC(C)c1cc(-c2ncnc3c4c5ccccc5ccc4n(C)c23)[c-]c2ccccc12.CCC(CC)C(=O)/C=C(\O)C(CC)CC.[Ir]. The van der Waals surface area contributed by atoms with Crippen LogP contribution < -0.4 is 0 Å². The molecule has 0 amide bonds. The van der Waals surface area contributed by atoms with Crippen molar-refractivity contribution >= 4 is 49.3 Å². The van der Waals surface area contributed by atoms with E-state index in [-0.39, 0.29) is 43.5 Å². The van der Waals surface area contributed by atoms with Gasteiger partial charge in [-0.1, -0.05) is 101 Å². The Morgan fingerprint density at radius 1 is 0.872 bits per heavy atom. The number of carbonyl (C=O) groups is 1. The second-order valence-electron chi connectivity index (χ2n) is 12.5. The molecule has 0 fully saturated rings. The maximum Gasteiger partial charge on any atom is 0.162 e. The van der Waals surface area contributed by atoms with E-state index in [4.69, 9.17) is 9.97 Å². The van der Waals surface area contributed by atoms with Crippen LogP contribution in [0, 0.1) is 17.9 Å². The maximum absolute atomic E-state index is 11.7. The molecule has 4 aromatic carbocycles. The Morgan fingerprint density at radius 3 is 2.17 bits per heavy atom. The van der Waals surface area contributed by atoms with Gasteiger partial charge in [-0.05, 0) is 48.4 Å². The predicted molar refractivity (Wildman–Crippen MR) is 193 cm³/mol. The van der Waals surface area contributed by atoms with Gasteiger partial charge >= 0.3 is 0 Å². The minimum Gasteiger partial charge on any atom is -0.512 e. The second kappa shape index (κ2) is 15.8. The largest absolute Gasteiger partial charge is 0.512 e. The number of allylic oxidation sites excluding steroid dienone is 2. The predicted octanol–water partition coefficient (Wildman–Crippen LogP) is 10.9. The van der Waals surface area contributed by atoms with Crippen molar-refractivity contribution in [3.63, 3.8) is 0 Å². The van der Waals surface area contributed by atoms with Crippen LogP contribution >= 0.6 is 0 Å². The molecule has 0 saturated carbocycles. The van der Waals surface area contributed by atoms with Crippen molar-refractivity contribution in [3.05, 3.63) is 96.5 Å². The summed E-state index contributed by atoms with van der Waals surface area (Å²) in [6.45, 7) is 12.6. The van der Waals surface area contributed by atoms with Gasteiger partial charge in [-0.3, -0.25) is 9.78 Å². The summed E-state index contributed by atoms with van der Waals surface area (Å²) < 4.78 is 2.23. The molecule has 1 radical (unpaired) electrons. The van der Waals surface area contributed by atoms with Crippen molar-refractivity contribution in [2.45, 2.75) is 73.1 Å². The second-order valence-corrected chi connectivity index (χ2v) is 12.5. The van der Waals surface area contributed by atoms with Crippen molar-refractivity contribution in [1.82, 2.24) is 14.5 Å². The first-order valence-electron chi connectivity index (χ1n) is 16.7. The van der Waals surface area contributed by atoms with Gasteiger partial charge in [-0.25, -0.2) is 4.98 Å². The fourth-order valence-corrected chi connectivity index (χ4v) is 6.63. The molecule has 0 bridgehead atoms. The van der Waals surface area contributed by atoms with E-state index in [2.05, 4.69) is 98.3 Å². The van der Waals surface area contributed by atoms with Crippen molar-refractivity contribution in [2.75, 3.05) is 0 Å². The molecule has 247 valence electrons. The van der Waals surface area contributed by atoms with Crippen LogP contribution in [-0.4, -0.2) is 25.4 Å². The Morgan fingerprint density at radius 2 is 1.51 bits per heavy atom. The number of nitrogens with zero attached hydrogens (tertiary/aromatic N) is 3. The van der Waals surface area contributed by atoms with Gasteiger partial charge in [0.05, 0.1) is 22.3 Å². The Bertz CT molecular complexity index is 2030. The molecule has 0 spiro atoms. The number of aliphatic hydroxyl groups excluding tert-OH is 1. The van der Waals surface area contributed by atoms with Crippen molar-refractivity contribution < 1.29 is 30.0 Å². The fraction of sp³-hybridized carbons (Fsp3) is 0.341. The van der Waals surface area contributed by atoms with Gasteiger partial charge in [0.2, 0.25) is 0 Å². The Hall–Kier alpha value is -3.86. The van der Waals surface area contributed by atoms with E-state index < -0.39 is 0 Å². The standard InChI is InChI=1S/C28H22N3.C13H24O2.Ir/c1-17(2)23-15-20(14-19-9-5-6-10-21(19)23)26-28-27(30-16-29-26)25-22-11-7-4-8-18(22)12-13-24(25)31(28)3;1-5-10(6-2)12(14)9-13(15)11(7-3)8-4;/h4-13,15-17H,1-3H3;9-11,14H,5-8H2,1-4H3;/q-1;;/b;12-9-;. The van der Waals surface area contributed by atoms with E-state index in [0.717, 1.165) is 53.4 Å². The first-order valence-corrected chi connectivity index (χ1v) is 16.7. The van der Waals surface area contributed by atoms with Crippen LogP contribution in [0.1, 0.15) is 78.7 Å².